The molecule has 3 N–H and O–H groups in total. The third-order valence-corrected chi connectivity index (χ3v) is 4.64. The molecule has 1 fully saturated rings. The summed E-state index contributed by atoms with van der Waals surface area (Å²) in [4.78, 5) is 26.3. The minimum atomic E-state index is -0.757. The van der Waals surface area contributed by atoms with E-state index < -0.39 is 6.04 Å². The van der Waals surface area contributed by atoms with E-state index in [1.165, 1.54) is 0 Å². The van der Waals surface area contributed by atoms with E-state index in [1.54, 1.807) is 24.3 Å². The van der Waals surface area contributed by atoms with E-state index >= 15 is 0 Å². The second-order valence-corrected chi connectivity index (χ2v) is 6.78. The number of hydrogen-bond donors (Lipinski definition) is 2. The van der Waals surface area contributed by atoms with Crippen molar-refractivity contribution in [3.8, 4) is 5.75 Å². The first-order valence-electron chi connectivity index (χ1n) is 9.16. The number of nitrogens with two attached hydrogens (primary N) is 1. The van der Waals surface area contributed by atoms with Gasteiger partial charge in [-0.1, -0.05) is 35.9 Å². The van der Waals surface area contributed by atoms with Crippen molar-refractivity contribution < 1.29 is 14.3 Å². The summed E-state index contributed by atoms with van der Waals surface area (Å²) in [5.74, 6) is 0.219. The summed E-state index contributed by atoms with van der Waals surface area (Å²) in [7, 11) is 0. The van der Waals surface area contributed by atoms with Crippen LogP contribution in [0.15, 0.2) is 48.5 Å². The van der Waals surface area contributed by atoms with Crippen LogP contribution in [0.4, 0.5) is 5.69 Å². The Bertz CT molecular complexity index is 799. The van der Waals surface area contributed by atoms with Crippen LogP contribution >= 0.6 is 0 Å². The summed E-state index contributed by atoms with van der Waals surface area (Å²) in [6.07, 6.45) is 2.10. The molecule has 1 atom stereocenters. The first-order valence-corrected chi connectivity index (χ1v) is 9.16. The van der Waals surface area contributed by atoms with Crippen molar-refractivity contribution in [1.29, 1.82) is 0 Å². The predicted octanol–water partition coefficient (Wildman–Crippen LogP) is 2.63. The molecule has 6 nitrogen and oxygen atoms in total. The van der Waals surface area contributed by atoms with Crippen molar-refractivity contribution in [2.45, 2.75) is 25.8 Å². The van der Waals surface area contributed by atoms with E-state index in [4.69, 9.17) is 10.5 Å². The van der Waals surface area contributed by atoms with Gasteiger partial charge in [0.25, 0.3) is 5.91 Å². The van der Waals surface area contributed by atoms with Crippen LogP contribution in [0.5, 0.6) is 5.75 Å². The van der Waals surface area contributed by atoms with Gasteiger partial charge in [0.05, 0.1) is 0 Å². The zero-order chi connectivity index (χ0) is 19.2. The molecule has 2 aromatic carbocycles. The van der Waals surface area contributed by atoms with Crippen molar-refractivity contribution in [3.63, 3.8) is 0 Å². The number of carbonyl (C=O) groups excluding carboxylic acids is 2. The highest BCUT2D eigenvalue weighted by Crippen LogP contribution is 2.20. The lowest BCUT2D eigenvalue weighted by atomic mass is 10.1. The topological polar surface area (TPSA) is 84.7 Å². The van der Waals surface area contributed by atoms with Crippen LogP contribution < -0.4 is 15.8 Å². The molecule has 0 aromatic heterocycles. The van der Waals surface area contributed by atoms with Gasteiger partial charge in [-0.05, 0) is 37.5 Å². The van der Waals surface area contributed by atoms with Crippen molar-refractivity contribution in [1.82, 2.24) is 4.90 Å². The predicted molar refractivity (Wildman–Crippen MR) is 104 cm³/mol. The highest BCUT2D eigenvalue weighted by molar-refractivity contribution is 5.95. The Morgan fingerprint density at radius 2 is 1.85 bits per heavy atom. The van der Waals surface area contributed by atoms with Gasteiger partial charge < -0.3 is 20.7 Å². The lowest BCUT2D eigenvalue weighted by Gasteiger charge is -2.16. The van der Waals surface area contributed by atoms with Gasteiger partial charge in [0.15, 0.2) is 6.61 Å². The Labute approximate surface area is 159 Å². The molecule has 6 heteroatoms. The average molecular weight is 367 g/mol. The standard InChI is InChI=1S/C21H25N3O3/c1-15-7-9-16(10-8-15)20(22)21(26)23-17-5-4-6-18(13-17)27-14-19(25)24-11-2-3-12-24/h4-10,13,20H,2-3,11-12,14,22H2,1H3,(H,23,26). The SMILES string of the molecule is Cc1ccc(C(N)C(=O)Nc2cccc(OCC(=O)N3CCCC3)c2)cc1. The van der Waals surface area contributed by atoms with Crippen LogP contribution in [-0.2, 0) is 9.59 Å². The minimum Gasteiger partial charge on any atom is -0.484 e. The lowest BCUT2D eigenvalue weighted by molar-refractivity contribution is -0.132. The first-order chi connectivity index (χ1) is 13.0. The van der Waals surface area contributed by atoms with Crippen LogP contribution in [0, 0.1) is 6.92 Å². The van der Waals surface area contributed by atoms with E-state index in [-0.39, 0.29) is 18.4 Å². The normalized spacial score (nSPS) is 14.7. The molecule has 0 bridgehead atoms. The molecule has 0 radical (unpaired) electrons. The lowest BCUT2D eigenvalue weighted by Crippen LogP contribution is -2.32. The fraction of sp³-hybridized carbons (Fsp3) is 0.333. The van der Waals surface area contributed by atoms with E-state index in [1.807, 2.05) is 36.1 Å². The fourth-order valence-electron chi connectivity index (χ4n) is 3.01. The van der Waals surface area contributed by atoms with Crippen LogP contribution in [0.2, 0.25) is 0 Å². The molecule has 0 saturated carbocycles. The summed E-state index contributed by atoms with van der Waals surface area (Å²) >= 11 is 0. The fourth-order valence-corrected chi connectivity index (χ4v) is 3.01. The van der Waals surface area contributed by atoms with Crippen molar-refractivity contribution >= 4 is 17.5 Å². The minimum absolute atomic E-state index is 0.000278. The molecule has 0 spiro atoms. The number of amides is 2. The van der Waals surface area contributed by atoms with Crippen LogP contribution in [0.25, 0.3) is 0 Å². The molecule has 3 rings (SSSR count). The van der Waals surface area contributed by atoms with E-state index in [0.29, 0.717) is 11.4 Å². The zero-order valence-electron chi connectivity index (χ0n) is 15.5. The summed E-state index contributed by atoms with van der Waals surface area (Å²) in [5.41, 5.74) is 8.49. The molecular formula is C21H25N3O3. The third kappa shape index (κ3) is 5.08. The largest absolute Gasteiger partial charge is 0.484 e. The van der Waals surface area contributed by atoms with Gasteiger partial charge in [-0.15, -0.1) is 0 Å². The van der Waals surface area contributed by atoms with Crippen LogP contribution in [0.1, 0.15) is 30.0 Å². The summed E-state index contributed by atoms with van der Waals surface area (Å²) in [6, 6.07) is 13.8. The Hall–Kier alpha value is -2.86. The second-order valence-electron chi connectivity index (χ2n) is 6.78. The van der Waals surface area contributed by atoms with Crippen molar-refractivity contribution in [2.24, 2.45) is 5.73 Å². The second kappa shape index (κ2) is 8.68. The Balaban J connectivity index is 1.57. The monoisotopic (exact) mass is 367 g/mol. The van der Waals surface area contributed by atoms with Gasteiger partial charge >= 0.3 is 0 Å². The average Bonchev–Trinajstić information content (AvgIpc) is 3.21. The molecule has 2 aromatic rings. The molecule has 1 aliphatic rings. The number of aryl methyl sites for hydroxylation is 1. The zero-order valence-corrected chi connectivity index (χ0v) is 15.5. The number of likely N-dealkylation sites (tertiary alicyclic amines) is 1. The molecule has 1 unspecified atom stereocenters. The van der Waals surface area contributed by atoms with Gasteiger partial charge in [0.2, 0.25) is 5.91 Å². The van der Waals surface area contributed by atoms with Gasteiger partial charge in [0, 0.05) is 24.8 Å². The van der Waals surface area contributed by atoms with E-state index in [0.717, 1.165) is 37.1 Å². The number of nitrogens with one attached hydrogen (secondary N) is 1. The highest BCUT2D eigenvalue weighted by Gasteiger charge is 2.19. The van der Waals surface area contributed by atoms with Gasteiger partial charge in [-0.2, -0.15) is 0 Å². The quantitative estimate of drug-likeness (QED) is 0.822. The molecule has 2 amide bonds. The maximum Gasteiger partial charge on any atom is 0.260 e. The maximum absolute atomic E-state index is 12.4. The summed E-state index contributed by atoms with van der Waals surface area (Å²) in [6.45, 7) is 3.58. The van der Waals surface area contributed by atoms with Crippen molar-refractivity contribution in [3.05, 3.63) is 59.7 Å². The molecule has 0 aliphatic carbocycles. The molecule has 1 aliphatic heterocycles. The van der Waals surface area contributed by atoms with Gasteiger partial charge in [-0.3, -0.25) is 9.59 Å². The summed E-state index contributed by atoms with van der Waals surface area (Å²) in [5, 5.41) is 2.80. The van der Waals surface area contributed by atoms with Crippen molar-refractivity contribution in [2.75, 3.05) is 25.0 Å². The number of rotatable bonds is 6. The number of ether oxygens (including phenoxy) is 1. The van der Waals surface area contributed by atoms with Gasteiger partial charge in [-0.25, -0.2) is 0 Å². The number of anilines is 1. The molecule has 1 saturated heterocycles. The van der Waals surface area contributed by atoms with Crippen LogP contribution in [0.3, 0.4) is 0 Å². The summed E-state index contributed by atoms with van der Waals surface area (Å²) < 4.78 is 5.59. The molecule has 1 heterocycles. The number of nitrogens with zero attached hydrogens (tertiary/aromatic N) is 1. The van der Waals surface area contributed by atoms with E-state index in [9.17, 15) is 9.59 Å². The highest BCUT2D eigenvalue weighted by atomic mass is 16.5. The Morgan fingerprint density at radius 3 is 2.56 bits per heavy atom. The Kier molecular flexibility index (Phi) is 6.08. The Morgan fingerprint density at radius 1 is 1.15 bits per heavy atom. The third-order valence-electron chi connectivity index (χ3n) is 4.64. The molecular weight excluding hydrogens is 342 g/mol. The van der Waals surface area contributed by atoms with Crippen LogP contribution in [-0.4, -0.2) is 36.4 Å². The molecule has 27 heavy (non-hydrogen) atoms. The first kappa shape index (κ1) is 18.9. The van der Waals surface area contributed by atoms with E-state index in [2.05, 4.69) is 5.32 Å². The number of benzene rings is 2. The van der Waals surface area contributed by atoms with Gasteiger partial charge in [0.1, 0.15) is 11.8 Å². The smallest absolute Gasteiger partial charge is 0.260 e. The number of carbonyl (C=O) groups is 2. The molecule has 142 valence electrons. The maximum atomic E-state index is 12.4. The number of hydrogen-bond acceptors (Lipinski definition) is 4.